The standard InChI is InChI=1S/C26H27NO6/c1-16-10-17(2)12-21(11-16)31-15-24(28)32-20-9-8-18-13-22(26(30)33-23(18)14-20)25(29)27-19-6-4-3-5-7-19/h8-14,19H,3-7,15H2,1-2H3,(H,27,29). The molecule has 7 heteroatoms. The van der Waals surface area contributed by atoms with Gasteiger partial charge >= 0.3 is 11.6 Å². The van der Waals surface area contributed by atoms with Gasteiger partial charge in [-0.3, -0.25) is 4.79 Å². The van der Waals surface area contributed by atoms with Crippen molar-refractivity contribution in [2.75, 3.05) is 6.61 Å². The Balaban J connectivity index is 1.42. The van der Waals surface area contributed by atoms with Gasteiger partial charge in [-0.25, -0.2) is 9.59 Å². The lowest BCUT2D eigenvalue weighted by molar-refractivity contribution is -0.136. The molecule has 1 fully saturated rings. The Bertz CT molecular complexity index is 1220. The van der Waals surface area contributed by atoms with Crippen LogP contribution in [0.25, 0.3) is 11.0 Å². The van der Waals surface area contributed by atoms with Gasteiger partial charge in [-0.15, -0.1) is 0 Å². The SMILES string of the molecule is Cc1cc(C)cc(OCC(=O)Oc2ccc3cc(C(=O)NC4CCCCC4)c(=O)oc3c2)c1. The fraction of sp³-hybridized carbons (Fsp3) is 0.346. The summed E-state index contributed by atoms with van der Waals surface area (Å²) in [6, 6.07) is 12.0. The van der Waals surface area contributed by atoms with Crippen LogP contribution in [0.1, 0.15) is 53.6 Å². The van der Waals surface area contributed by atoms with E-state index in [0.29, 0.717) is 11.1 Å². The van der Waals surface area contributed by atoms with E-state index < -0.39 is 17.5 Å². The predicted octanol–water partition coefficient (Wildman–Crippen LogP) is 4.46. The molecule has 2 aromatic carbocycles. The number of hydrogen-bond acceptors (Lipinski definition) is 6. The van der Waals surface area contributed by atoms with E-state index in [1.807, 2.05) is 32.0 Å². The molecule has 0 unspecified atom stereocenters. The van der Waals surface area contributed by atoms with Gasteiger partial charge in [0.1, 0.15) is 22.6 Å². The second kappa shape index (κ2) is 9.90. The number of amides is 1. The summed E-state index contributed by atoms with van der Waals surface area (Å²) < 4.78 is 16.2. The van der Waals surface area contributed by atoms with Crippen LogP contribution in [0.2, 0.25) is 0 Å². The Morgan fingerprint density at radius 3 is 2.42 bits per heavy atom. The number of aryl methyl sites for hydroxylation is 2. The van der Waals surface area contributed by atoms with Gasteiger partial charge in [0.05, 0.1) is 0 Å². The van der Waals surface area contributed by atoms with Crippen molar-refractivity contribution in [3.05, 3.63) is 69.6 Å². The Labute approximate surface area is 191 Å². The molecule has 7 nitrogen and oxygen atoms in total. The van der Waals surface area contributed by atoms with Gasteiger partial charge in [0.2, 0.25) is 0 Å². The van der Waals surface area contributed by atoms with E-state index in [9.17, 15) is 14.4 Å². The fourth-order valence-corrected chi connectivity index (χ4v) is 4.14. The minimum Gasteiger partial charge on any atom is -0.482 e. The first kappa shape index (κ1) is 22.6. The topological polar surface area (TPSA) is 94.8 Å². The van der Waals surface area contributed by atoms with Gasteiger partial charge in [-0.05, 0) is 68.1 Å². The average Bonchev–Trinajstić information content (AvgIpc) is 2.77. The van der Waals surface area contributed by atoms with Gasteiger partial charge in [-0.1, -0.05) is 25.3 Å². The highest BCUT2D eigenvalue weighted by Gasteiger charge is 2.20. The number of carbonyl (C=O) groups is 2. The normalized spacial score (nSPS) is 14.1. The molecule has 4 rings (SSSR count). The van der Waals surface area contributed by atoms with Gasteiger partial charge in [0.25, 0.3) is 5.91 Å². The molecule has 1 heterocycles. The summed E-state index contributed by atoms with van der Waals surface area (Å²) in [4.78, 5) is 37.2. The molecule has 172 valence electrons. The minimum atomic E-state index is -0.725. The van der Waals surface area contributed by atoms with E-state index in [1.54, 1.807) is 12.1 Å². The smallest absolute Gasteiger partial charge is 0.349 e. The zero-order valence-electron chi connectivity index (χ0n) is 18.8. The van der Waals surface area contributed by atoms with Crippen molar-refractivity contribution in [2.24, 2.45) is 0 Å². The Morgan fingerprint density at radius 1 is 0.970 bits per heavy atom. The van der Waals surface area contributed by atoms with Crippen LogP contribution in [0.15, 0.2) is 51.7 Å². The van der Waals surface area contributed by atoms with Crippen molar-refractivity contribution in [2.45, 2.75) is 52.0 Å². The number of nitrogens with one attached hydrogen (secondary N) is 1. The third-order valence-corrected chi connectivity index (χ3v) is 5.68. The number of rotatable bonds is 6. The summed E-state index contributed by atoms with van der Waals surface area (Å²) in [7, 11) is 0. The van der Waals surface area contributed by atoms with Crippen LogP contribution in [0.3, 0.4) is 0 Å². The minimum absolute atomic E-state index is 0.0281. The molecule has 33 heavy (non-hydrogen) atoms. The maximum atomic E-state index is 12.6. The molecule has 1 aromatic heterocycles. The zero-order valence-corrected chi connectivity index (χ0v) is 18.8. The molecule has 3 aromatic rings. The van der Waals surface area contributed by atoms with Crippen LogP contribution in [-0.4, -0.2) is 24.5 Å². The zero-order chi connectivity index (χ0) is 23.4. The van der Waals surface area contributed by atoms with E-state index in [4.69, 9.17) is 13.9 Å². The highest BCUT2D eigenvalue weighted by Crippen LogP contribution is 2.22. The lowest BCUT2D eigenvalue weighted by atomic mass is 9.95. The predicted molar refractivity (Wildman–Crippen MR) is 124 cm³/mol. The molecule has 0 saturated heterocycles. The van der Waals surface area contributed by atoms with Crippen LogP contribution >= 0.6 is 0 Å². The molecule has 1 aliphatic carbocycles. The first-order valence-electron chi connectivity index (χ1n) is 11.2. The molecule has 1 N–H and O–H groups in total. The molecule has 0 bridgehead atoms. The quantitative estimate of drug-likeness (QED) is 0.339. The van der Waals surface area contributed by atoms with Gasteiger partial charge < -0.3 is 19.2 Å². The number of benzene rings is 2. The third kappa shape index (κ3) is 5.80. The highest BCUT2D eigenvalue weighted by atomic mass is 16.6. The van der Waals surface area contributed by atoms with E-state index in [0.717, 1.165) is 36.8 Å². The van der Waals surface area contributed by atoms with Crippen LogP contribution in [0, 0.1) is 13.8 Å². The van der Waals surface area contributed by atoms with Gasteiger partial charge in [-0.2, -0.15) is 0 Å². The van der Waals surface area contributed by atoms with Crippen LogP contribution in [-0.2, 0) is 4.79 Å². The van der Waals surface area contributed by atoms with Crippen molar-refractivity contribution in [1.29, 1.82) is 0 Å². The third-order valence-electron chi connectivity index (χ3n) is 5.68. The number of carbonyl (C=O) groups excluding carboxylic acids is 2. The average molecular weight is 450 g/mol. The number of fused-ring (bicyclic) bond motifs is 1. The lowest BCUT2D eigenvalue weighted by Crippen LogP contribution is -2.38. The first-order valence-corrected chi connectivity index (χ1v) is 11.2. The summed E-state index contributed by atoms with van der Waals surface area (Å²) in [5.74, 6) is -0.192. The molecular formula is C26H27NO6. The van der Waals surface area contributed by atoms with Gasteiger partial charge in [0, 0.05) is 17.5 Å². The summed E-state index contributed by atoms with van der Waals surface area (Å²) >= 11 is 0. The highest BCUT2D eigenvalue weighted by molar-refractivity contribution is 5.97. The molecule has 0 spiro atoms. The first-order chi connectivity index (χ1) is 15.9. The fourth-order valence-electron chi connectivity index (χ4n) is 4.14. The van der Waals surface area contributed by atoms with Gasteiger partial charge in [0.15, 0.2) is 6.61 Å². The molecule has 1 amide bonds. The maximum Gasteiger partial charge on any atom is 0.349 e. The largest absolute Gasteiger partial charge is 0.482 e. The lowest BCUT2D eigenvalue weighted by Gasteiger charge is -2.22. The number of esters is 1. The summed E-state index contributed by atoms with van der Waals surface area (Å²) in [5, 5.41) is 3.49. The Morgan fingerprint density at radius 2 is 1.70 bits per heavy atom. The number of hydrogen-bond donors (Lipinski definition) is 1. The Hall–Kier alpha value is -3.61. The maximum absolute atomic E-state index is 12.6. The van der Waals surface area contributed by atoms with Crippen molar-refractivity contribution < 1.29 is 23.5 Å². The van der Waals surface area contributed by atoms with E-state index in [1.165, 1.54) is 18.6 Å². The summed E-state index contributed by atoms with van der Waals surface area (Å²) in [5.41, 5.74) is 1.55. The molecule has 1 aliphatic rings. The van der Waals surface area contributed by atoms with Crippen molar-refractivity contribution in [3.63, 3.8) is 0 Å². The van der Waals surface area contributed by atoms with Crippen molar-refractivity contribution >= 4 is 22.8 Å². The number of ether oxygens (including phenoxy) is 2. The monoisotopic (exact) mass is 449 g/mol. The molecule has 0 atom stereocenters. The van der Waals surface area contributed by atoms with E-state index >= 15 is 0 Å². The van der Waals surface area contributed by atoms with Crippen LogP contribution in [0.4, 0.5) is 0 Å². The second-order valence-electron chi connectivity index (χ2n) is 8.54. The van der Waals surface area contributed by atoms with Crippen LogP contribution < -0.4 is 20.4 Å². The summed E-state index contributed by atoms with van der Waals surface area (Å²) in [6.07, 6.45) is 5.18. The molecule has 1 saturated carbocycles. The second-order valence-corrected chi connectivity index (χ2v) is 8.54. The Kier molecular flexibility index (Phi) is 6.77. The molecular weight excluding hydrogens is 422 g/mol. The van der Waals surface area contributed by atoms with E-state index in [2.05, 4.69) is 5.32 Å². The summed E-state index contributed by atoms with van der Waals surface area (Å²) in [6.45, 7) is 3.64. The molecule has 0 radical (unpaired) electrons. The van der Waals surface area contributed by atoms with Crippen molar-refractivity contribution in [1.82, 2.24) is 5.32 Å². The molecule has 0 aliphatic heterocycles. The van der Waals surface area contributed by atoms with E-state index in [-0.39, 0.29) is 29.5 Å². The van der Waals surface area contributed by atoms with Crippen molar-refractivity contribution in [3.8, 4) is 11.5 Å². The van der Waals surface area contributed by atoms with Crippen LogP contribution in [0.5, 0.6) is 11.5 Å².